The zero-order valence-electron chi connectivity index (χ0n) is 12.6. The molecule has 1 unspecified atom stereocenters. The number of nitrogens with one attached hydrogen (secondary N) is 1. The number of nitrogen functional groups attached to an aromatic ring is 1. The molecule has 0 bridgehead atoms. The van der Waals surface area contributed by atoms with Gasteiger partial charge in [-0.2, -0.15) is 0 Å². The summed E-state index contributed by atoms with van der Waals surface area (Å²) in [5.41, 5.74) is 7.87. The standard InChI is InChI=1S/C15H19N3O2S/c1-8-7-11(10(3)21-8)9(2)17-14-12(16)5-6-13(18-14)15(19)20-4/h5-7,9H,16H2,1-4H3,(H,17,18). The predicted molar refractivity (Wildman–Crippen MR) is 85.8 cm³/mol. The molecule has 0 saturated heterocycles. The minimum atomic E-state index is -0.478. The third-order valence-electron chi connectivity index (χ3n) is 3.22. The Morgan fingerprint density at radius 1 is 1.43 bits per heavy atom. The number of anilines is 2. The van der Waals surface area contributed by atoms with Crippen LogP contribution in [-0.4, -0.2) is 18.1 Å². The zero-order valence-corrected chi connectivity index (χ0v) is 13.4. The Morgan fingerprint density at radius 2 is 2.14 bits per heavy atom. The Balaban J connectivity index is 2.26. The molecular weight excluding hydrogens is 286 g/mol. The summed E-state index contributed by atoms with van der Waals surface area (Å²) < 4.78 is 4.67. The van der Waals surface area contributed by atoms with Crippen molar-refractivity contribution in [3.05, 3.63) is 39.2 Å². The fraction of sp³-hybridized carbons (Fsp3) is 0.333. The second-order valence-corrected chi connectivity index (χ2v) is 6.32. The molecule has 0 aliphatic rings. The minimum absolute atomic E-state index is 0.0534. The van der Waals surface area contributed by atoms with E-state index in [1.807, 2.05) is 6.92 Å². The van der Waals surface area contributed by atoms with E-state index in [9.17, 15) is 4.79 Å². The molecule has 6 heteroatoms. The average Bonchev–Trinajstić information content (AvgIpc) is 2.79. The topological polar surface area (TPSA) is 77.2 Å². The molecule has 0 amide bonds. The first-order chi connectivity index (χ1) is 9.92. The van der Waals surface area contributed by atoms with Gasteiger partial charge in [-0.3, -0.25) is 0 Å². The van der Waals surface area contributed by atoms with Crippen molar-refractivity contribution in [2.75, 3.05) is 18.2 Å². The van der Waals surface area contributed by atoms with Gasteiger partial charge in [-0.15, -0.1) is 11.3 Å². The SMILES string of the molecule is COC(=O)c1ccc(N)c(NC(C)c2cc(C)sc2C)n1. The van der Waals surface area contributed by atoms with Gasteiger partial charge in [-0.25, -0.2) is 9.78 Å². The number of carbonyl (C=O) groups excluding carboxylic acids is 1. The first kappa shape index (κ1) is 15.3. The van der Waals surface area contributed by atoms with Crippen LogP contribution in [0, 0.1) is 13.8 Å². The number of ether oxygens (including phenoxy) is 1. The summed E-state index contributed by atoms with van der Waals surface area (Å²) in [4.78, 5) is 18.3. The van der Waals surface area contributed by atoms with Gasteiger partial charge in [0.05, 0.1) is 18.8 Å². The largest absolute Gasteiger partial charge is 0.464 e. The fourth-order valence-electron chi connectivity index (χ4n) is 2.17. The highest BCUT2D eigenvalue weighted by Gasteiger charge is 2.15. The average molecular weight is 305 g/mol. The maximum absolute atomic E-state index is 11.5. The van der Waals surface area contributed by atoms with Gasteiger partial charge < -0.3 is 15.8 Å². The number of rotatable bonds is 4. The van der Waals surface area contributed by atoms with E-state index < -0.39 is 5.97 Å². The number of thiophene rings is 1. The van der Waals surface area contributed by atoms with Crippen molar-refractivity contribution in [3.8, 4) is 0 Å². The van der Waals surface area contributed by atoms with Crippen molar-refractivity contribution in [1.29, 1.82) is 0 Å². The fourth-order valence-corrected chi connectivity index (χ4v) is 3.19. The van der Waals surface area contributed by atoms with Crippen molar-refractivity contribution in [2.45, 2.75) is 26.8 Å². The van der Waals surface area contributed by atoms with Crippen LogP contribution in [0.2, 0.25) is 0 Å². The predicted octanol–water partition coefficient (Wildman–Crippen LogP) is 3.30. The molecule has 3 N–H and O–H groups in total. The van der Waals surface area contributed by atoms with Gasteiger partial charge in [0.2, 0.25) is 0 Å². The summed E-state index contributed by atoms with van der Waals surface area (Å²) in [5.74, 6) is 0.0157. The Kier molecular flexibility index (Phi) is 4.47. The van der Waals surface area contributed by atoms with Crippen molar-refractivity contribution in [3.63, 3.8) is 0 Å². The molecule has 2 aromatic heterocycles. The molecule has 0 radical (unpaired) electrons. The summed E-state index contributed by atoms with van der Waals surface area (Å²) in [5, 5.41) is 3.26. The van der Waals surface area contributed by atoms with Crippen LogP contribution < -0.4 is 11.1 Å². The molecule has 0 aromatic carbocycles. The van der Waals surface area contributed by atoms with Crippen molar-refractivity contribution in [2.24, 2.45) is 0 Å². The van der Waals surface area contributed by atoms with E-state index in [1.54, 1.807) is 23.5 Å². The Bertz CT molecular complexity index is 667. The van der Waals surface area contributed by atoms with Gasteiger partial charge in [0.1, 0.15) is 0 Å². The van der Waals surface area contributed by atoms with Crippen LogP contribution in [0.3, 0.4) is 0 Å². The van der Waals surface area contributed by atoms with Crippen LogP contribution in [0.4, 0.5) is 11.5 Å². The van der Waals surface area contributed by atoms with Crippen LogP contribution >= 0.6 is 11.3 Å². The first-order valence-corrected chi connectivity index (χ1v) is 7.42. The summed E-state index contributed by atoms with van der Waals surface area (Å²) in [6.07, 6.45) is 0. The molecule has 5 nitrogen and oxygen atoms in total. The number of carbonyl (C=O) groups is 1. The van der Waals surface area contributed by atoms with E-state index in [1.165, 1.54) is 22.4 Å². The Hall–Kier alpha value is -2.08. The molecule has 0 aliphatic heterocycles. The molecule has 2 rings (SSSR count). The number of methoxy groups -OCH3 is 1. The number of nitrogens with zero attached hydrogens (tertiary/aromatic N) is 1. The summed E-state index contributed by atoms with van der Waals surface area (Å²) in [6.45, 7) is 6.21. The number of pyridine rings is 1. The lowest BCUT2D eigenvalue weighted by Crippen LogP contribution is -2.13. The normalized spacial score (nSPS) is 12.0. The third-order valence-corrected chi connectivity index (χ3v) is 4.20. The van der Waals surface area contributed by atoms with E-state index in [4.69, 9.17) is 5.73 Å². The highest BCUT2D eigenvalue weighted by Crippen LogP contribution is 2.29. The van der Waals surface area contributed by atoms with E-state index in [-0.39, 0.29) is 11.7 Å². The molecule has 21 heavy (non-hydrogen) atoms. The summed E-state index contributed by atoms with van der Waals surface area (Å²) in [7, 11) is 1.33. The Morgan fingerprint density at radius 3 is 2.71 bits per heavy atom. The number of aryl methyl sites for hydroxylation is 2. The molecule has 2 heterocycles. The van der Waals surface area contributed by atoms with E-state index in [0.717, 1.165) is 0 Å². The van der Waals surface area contributed by atoms with Gasteiger partial charge in [-0.05, 0) is 44.5 Å². The lowest BCUT2D eigenvalue weighted by Gasteiger charge is -2.16. The molecular formula is C15H19N3O2S. The lowest BCUT2D eigenvalue weighted by atomic mass is 10.1. The van der Waals surface area contributed by atoms with Gasteiger partial charge in [-0.1, -0.05) is 0 Å². The number of hydrogen-bond donors (Lipinski definition) is 2. The zero-order chi connectivity index (χ0) is 15.6. The van der Waals surface area contributed by atoms with Crippen LogP contribution in [0.15, 0.2) is 18.2 Å². The Labute approximate surface area is 128 Å². The quantitative estimate of drug-likeness (QED) is 0.847. The van der Waals surface area contributed by atoms with Gasteiger partial charge >= 0.3 is 5.97 Å². The minimum Gasteiger partial charge on any atom is -0.464 e. The first-order valence-electron chi connectivity index (χ1n) is 6.60. The van der Waals surface area contributed by atoms with Gasteiger partial charge in [0, 0.05) is 9.75 Å². The lowest BCUT2D eigenvalue weighted by molar-refractivity contribution is 0.0594. The smallest absolute Gasteiger partial charge is 0.356 e. The molecule has 2 aromatic rings. The van der Waals surface area contributed by atoms with Gasteiger partial charge in [0.25, 0.3) is 0 Å². The second kappa shape index (κ2) is 6.13. The maximum atomic E-state index is 11.5. The van der Waals surface area contributed by atoms with E-state index in [2.05, 4.69) is 35.0 Å². The highest BCUT2D eigenvalue weighted by molar-refractivity contribution is 7.12. The van der Waals surface area contributed by atoms with Crippen LogP contribution in [0.25, 0.3) is 0 Å². The van der Waals surface area contributed by atoms with Crippen molar-refractivity contribution < 1.29 is 9.53 Å². The number of esters is 1. The third kappa shape index (κ3) is 3.33. The van der Waals surface area contributed by atoms with E-state index in [0.29, 0.717) is 11.5 Å². The van der Waals surface area contributed by atoms with Crippen LogP contribution in [0.5, 0.6) is 0 Å². The highest BCUT2D eigenvalue weighted by atomic mass is 32.1. The molecule has 0 aliphatic carbocycles. The second-order valence-electron chi connectivity index (χ2n) is 4.86. The molecule has 1 atom stereocenters. The molecule has 0 saturated carbocycles. The molecule has 112 valence electrons. The summed E-state index contributed by atoms with van der Waals surface area (Å²) >= 11 is 1.76. The number of aromatic nitrogens is 1. The van der Waals surface area contributed by atoms with Crippen LogP contribution in [0.1, 0.15) is 38.8 Å². The molecule has 0 fully saturated rings. The number of hydrogen-bond acceptors (Lipinski definition) is 6. The van der Waals surface area contributed by atoms with Crippen molar-refractivity contribution >= 4 is 28.8 Å². The van der Waals surface area contributed by atoms with Gasteiger partial charge in [0.15, 0.2) is 11.5 Å². The van der Waals surface area contributed by atoms with Crippen molar-refractivity contribution in [1.82, 2.24) is 4.98 Å². The van der Waals surface area contributed by atoms with E-state index >= 15 is 0 Å². The van der Waals surface area contributed by atoms with Crippen LogP contribution in [-0.2, 0) is 4.74 Å². The molecule has 0 spiro atoms. The monoisotopic (exact) mass is 305 g/mol. The number of nitrogens with two attached hydrogens (primary N) is 1. The summed E-state index contributed by atoms with van der Waals surface area (Å²) in [6, 6.07) is 5.41. The maximum Gasteiger partial charge on any atom is 0.356 e.